The molecule has 0 N–H and O–H groups in total. The Morgan fingerprint density at radius 2 is 1.13 bits per heavy atom. The Kier molecular flexibility index (Phi) is 3.75. The molecule has 0 aromatic heterocycles. The van der Waals surface area contributed by atoms with Gasteiger partial charge in [-0.25, -0.2) is 0 Å². The topological polar surface area (TPSA) is 9.23 Å². The van der Waals surface area contributed by atoms with Gasteiger partial charge in [-0.3, -0.25) is 0 Å². The van der Waals surface area contributed by atoms with Crippen molar-refractivity contribution >= 4 is 10.8 Å². The fourth-order valence-electron chi connectivity index (χ4n) is 4.69. The molecule has 6 rings (SSSR count). The summed E-state index contributed by atoms with van der Waals surface area (Å²) in [4.78, 5) is 0. The van der Waals surface area contributed by atoms with Gasteiger partial charge >= 0.3 is 0 Å². The summed E-state index contributed by atoms with van der Waals surface area (Å²) in [6.45, 7) is 0. The third kappa shape index (κ3) is 2.49. The zero-order chi connectivity index (χ0) is 20.1. The molecule has 1 aliphatic carbocycles. The number of hydrogen-bond acceptors (Lipinski definition) is 1. The van der Waals surface area contributed by atoms with E-state index in [0.717, 1.165) is 5.75 Å². The molecule has 30 heavy (non-hydrogen) atoms. The summed E-state index contributed by atoms with van der Waals surface area (Å²) in [7, 11) is 1.72. The Labute approximate surface area is 176 Å². The van der Waals surface area contributed by atoms with Crippen molar-refractivity contribution in [2.24, 2.45) is 0 Å². The normalized spacial score (nSPS) is 11.5. The minimum Gasteiger partial charge on any atom is -0.497 e. The van der Waals surface area contributed by atoms with E-state index in [4.69, 9.17) is 4.74 Å². The van der Waals surface area contributed by atoms with Gasteiger partial charge in [-0.1, -0.05) is 91.0 Å². The maximum absolute atomic E-state index is 5.47. The smallest absolute Gasteiger partial charge is 0.119 e. The molecule has 0 saturated heterocycles. The van der Waals surface area contributed by atoms with E-state index in [1.807, 2.05) is 6.07 Å². The van der Waals surface area contributed by atoms with Gasteiger partial charge in [-0.15, -0.1) is 0 Å². The largest absolute Gasteiger partial charge is 0.497 e. The predicted octanol–water partition coefficient (Wildman–Crippen LogP) is 7.83. The van der Waals surface area contributed by atoms with Gasteiger partial charge in [0, 0.05) is 0 Å². The average molecular weight is 384 g/mol. The maximum Gasteiger partial charge on any atom is 0.119 e. The van der Waals surface area contributed by atoms with Crippen molar-refractivity contribution in [2.75, 3.05) is 7.11 Å². The average Bonchev–Trinajstić information content (AvgIpc) is 3.15. The number of ether oxygens (including phenoxy) is 1. The van der Waals surface area contributed by atoms with E-state index in [1.54, 1.807) is 7.11 Å². The van der Waals surface area contributed by atoms with E-state index >= 15 is 0 Å². The van der Waals surface area contributed by atoms with Crippen LogP contribution in [0.1, 0.15) is 0 Å². The van der Waals surface area contributed by atoms with Gasteiger partial charge in [0.2, 0.25) is 0 Å². The predicted molar refractivity (Wildman–Crippen MR) is 126 cm³/mol. The molecule has 0 spiro atoms. The summed E-state index contributed by atoms with van der Waals surface area (Å²) in [5.74, 6) is 0.898. The van der Waals surface area contributed by atoms with Crippen LogP contribution in [0.15, 0.2) is 103 Å². The van der Waals surface area contributed by atoms with Crippen molar-refractivity contribution in [3.05, 3.63) is 103 Å². The molecule has 1 nitrogen and oxygen atoms in total. The molecule has 0 atom stereocenters. The SMILES string of the molecule is COc1ccc2c(c1)-c1cccc3c(-c4ccc(-c5ccccc5)cc4)ccc-2c13. The van der Waals surface area contributed by atoms with Gasteiger partial charge in [0.15, 0.2) is 0 Å². The second kappa shape index (κ2) is 6.60. The second-order valence-electron chi connectivity index (χ2n) is 7.74. The van der Waals surface area contributed by atoms with Crippen LogP contribution < -0.4 is 4.74 Å². The van der Waals surface area contributed by atoms with Crippen LogP contribution in [0.4, 0.5) is 0 Å². The third-order valence-electron chi connectivity index (χ3n) is 6.15. The van der Waals surface area contributed by atoms with E-state index in [1.165, 1.54) is 55.3 Å². The molecular weight excluding hydrogens is 364 g/mol. The minimum atomic E-state index is 0.898. The summed E-state index contributed by atoms with van der Waals surface area (Å²) in [6.07, 6.45) is 0. The number of rotatable bonds is 3. The lowest BCUT2D eigenvalue weighted by molar-refractivity contribution is 0.415. The molecule has 5 aromatic carbocycles. The summed E-state index contributed by atoms with van der Waals surface area (Å²) in [6, 6.07) is 37.0. The van der Waals surface area contributed by atoms with Crippen molar-refractivity contribution in [1.29, 1.82) is 0 Å². The Bertz CT molecular complexity index is 1400. The molecule has 0 saturated carbocycles. The van der Waals surface area contributed by atoms with Crippen molar-refractivity contribution < 1.29 is 4.74 Å². The highest BCUT2D eigenvalue weighted by Gasteiger charge is 2.23. The molecule has 0 bridgehead atoms. The first kappa shape index (κ1) is 17.1. The molecule has 0 heterocycles. The van der Waals surface area contributed by atoms with Gasteiger partial charge in [-0.05, 0) is 67.4 Å². The Balaban J connectivity index is 1.51. The Hall–Kier alpha value is -3.84. The molecule has 142 valence electrons. The van der Waals surface area contributed by atoms with Crippen LogP contribution >= 0.6 is 0 Å². The molecule has 0 amide bonds. The van der Waals surface area contributed by atoms with Gasteiger partial charge in [0.05, 0.1) is 7.11 Å². The van der Waals surface area contributed by atoms with Crippen LogP contribution in [0.25, 0.3) is 55.3 Å². The fraction of sp³-hybridized carbons (Fsp3) is 0.0345. The van der Waals surface area contributed by atoms with Crippen LogP contribution in [-0.2, 0) is 0 Å². The first-order valence-electron chi connectivity index (χ1n) is 10.2. The molecule has 0 fully saturated rings. The molecule has 1 heteroatoms. The fourth-order valence-corrected chi connectivity index (χ4v) is 4.69. The van der Waals surface area contributed by atoms with E-state index in [2.05, 4.69) is 97.1 Å². The highest BCUT2D eigenvalue weighted by atomic mass is 16.5. The zero-order valence-corrected chi connectivity index (χ0v) is 16.7. The lowest BCUT2D eigenvalue weighted by Crippen LogP contribution is -1.84. The van der Waals surface area contributed by atoms with Gasteiger partial charge in [-0.2, -0.15) is 0 Å². The monoisotopic (exact) mass is 384 g/mol. The van der Waals surface area contributed by atoms with Crippen molar-refractivity contribution in [3.8, 4) is 50.3 Å². The number of benzene rings is 5. The quantitative estimate of drug-likeness (QED) is 0.302. The summed E-state index contributed by atoms with van der Waals surface area (Å²) in [5.41, 5.74) is 10.1. The number of hydrogen-bond donors (Lipinski definition) is 0. The third-order valence-corrected chi connectivity index (χ3v) is 6.15. The van der Waals surface area contributed by atoms with E-state index in [-0.39, 0.29) is 0 Å². The Morgan fingerprint density at radius 1 is 0.467 bits per heavy atom. The molecule has 0 aliphatic heterocycles. The van der Waals surface area contributed by atoms with Gasteiger partial charge in [0.1, 0.15) is 5.75 Å². The summed E-state index contributed by atoms with van der Waals surface area (Å²) >= 11 is 0. The first-order chi connectivity index (χ1) is 14.8. The second-order valence-corrected chi connectivity index (χ2v) is 7.74. The van der Waals surface area contributed by atoms with E-state index < -0.39 is 0 Å². The van der Waals surface area contributed by atoms with Gasteiger partial charge < -0.3 is 4.74 Å². The molecule has 0 unspecified atom stereocenters. The minimum absolute atomic E-state index is 0.898. The molecule has 1 aliphatic rings. The van der Waals surface area contributed by atoms with Crippen LogP contribution in [0.2, 0.25) is 0 Å². The Morgan fingerprint density at radius 3 is 1.93 bits per heavy atom. The maximum atomic E-state index is 5.47. The van der Waals surface area contributed by atoms with E-state index in [0.29, 0.717) is 0 Å². The summed E-state index contributed by atoms with van der Waals surface area (Å²) < 4.78 is 5.47. The van der Waals surface area contributed by atoms with Crippen LogP contribution in [-0.4, -0.2) is 7.11 Å². The molecule has 5 aromatic rings. The lowest BCUT2D eigenvalue weighted by atomic mass is 9.93. The van der Waals surface area contributed by atoms with Crippen molar-refractivity contribution in [3.63, 3.8) is 0 Å². The first-order valence-corrected chi connectivity index (χ1v) is 10.2. The zero-order valence-electron chi connectivity index (χ0n) is 16.7. The van der Waals surface area contributed by atoms with Crippen LogP contribution in [0.5, 0.6) is 5.75 Å². The number of fused-ring (bicyclic) bond motifs is 3. The standard InChI is InChI=1S/C29H20O/c1-30-22-14-15-24-27-17-16-23(25-8-5-9-26(29(25)27)28(24)18-22)21-12-10-20(11-13-21)19-6-3-2-4-7-19/h2-18H,1H3. The van der Waals surface area contributed by atoms with Crippen molar-refractivity contribution in [1.82, 2.24) is 0 Å². The molecule has 0 radical (unpaired) electrons. The highest BCUT2D eigenvalue weighted by molar-refractivity contribution is 6.18. The number of methoxy groups -OCH3 is 1. The van der Waals surface area contributed by atoms with E-state index in [9.17, 15) is 0 Å². The molecular formula is C29H20O. The van der Waals surface area contributed by atoms with Crippen LogP contribution in [0, 0.1) is 0 Å². The highest BCUT2D eigenvalue weighted by Crippen LogP contribution is 2.50. The van der Waals surface area contributed by atoms with Crippen LogP contribution in [0.3, 0.4) is 0 Å². The summed E-state index contributed by atoms with van der Waals surface area (Å²) in [5, 5.41) is 2.64. The van der Waals surface area contributed by atoms with Crippen molar-refractivity contribution in [2.45, 2.75) is 0 Å². The lowest BCUT2D eigenvalue weighted by Gasteiger charge is -2.10. The van der Waals surface area contributed by atoms with Gasteiger partial charge in [0.25, 0.3) is 0 Å².